The lowest BCUT2D eigenvalue weighted by Gasteiger charge is -2.15. The Labute approximate surface area is 117 Å². The van der Waals surface area contributed by atoms with Crippen LogP contribution in [0.25, 0.3) is 0 Å². The second-order valence-electron chi connectivity index (χ2n) is 4.02. The van der Waals surface area contributed by atoms with E-state index in [2.05, 4.69) is 4.74 Å². The standard InChI is InChI=1S/C12H13F3N2O4/c1-21-3-2-9(11(18)19)16-12(20)17-10-5-7(14)6(13)4-8(10)15/h4-5,9H,2-3H2,1H3,(H,18,19)(H2,16,17,20). The van der Waals surface area contributed by atoms with Crippen molar-refractivity contribution < 1.29 is 32.6 Å². The van der Waals surface area contributed by atoms with Crippen molar-refractivity contribution in [1.82, 2.24) is 5.32 Å². The third-order valence-corrected chi connectivity index (χ3v) is 2.47. The minimum Gasteiger partial charge on any atom is -0.480 e. The van der Waals surface area contributed by atoms with E-state index in [1.807, 2.05) is 10.6 Å². The first-order valence-corrected chi connectivity index (χ1v) is 5.79. The molecule has 0 saturated heterocycles. The molecule has 1 rings (SSSR count). The Bertz CT molecular complexity index is 539. The van der Waals surface area contributed by atoms with Crippen LogP contribution in [0.3, 0.4) is 0 Å². The molecule has 0 fully saturated rings. The van der Waals surface area contributed by atoms with Gasteiger partial charge in [-0.15, -0.1) is 0 Å². The minimum atomic E-state index is -1.40. The number of carbonyl (C=O) groups is 2. The molecule has 0 aromatic heterocycles. The van der Waals surface area contributed by atoms with E-state index in [1.165, 1.54) is 7.11 Å². The number of carboxylic acids is 1. The van der Waals surface area contributed by atoms with Crippen LogP contribution in [0.1, 0.15) is 6.42 Å². The number of carboxylic acid groups (broad SMARTS) is 1. The van der Waals surface area contributed by atoms with Crippen LogP contribution >= 0.6 is 0 Å². The number of methoxy groups -OCH3 is 1. The van der Waals surface area contributed by atoms with Crippen molar-refractivity contribution in [2.75, 3.05) is 19.0 Å². The first-order chi connectivity index (χ1) is 9.85. The lowest BCUT2D eigenvalue weighted by molar-refractivity contribution is -0.139. The number of aliphatic carboxylic acids is 1. The first-order valence-electron chi connectivity index (χ1n) is 5.79. The van der Waals surface area contributed by atoms with E-state index in [4.69, 9.17) is 5.11 Å². The highest BCUT2D eigenvalue weighted by Crippen LogP contribution is 2.18. The molecule has 0 heterocycles. The summed E-state index contributed by atoms with van der Waals surface area (Å²) in [6, 6.07) is -1.61. The number of benzene rings is 1. The second kappa shape index (κ2) is 7.48. The molecule has 0 aliphatic heterocycles. The monoisotopic (exact) mass is 306 g/mol. The molecule has 0 bridgehead atoms. The summed E-state index contributed by atoms with van der Waals surface area (Å²) in [5, 5.41) is 12.8. The van der Waals surface area contributed by atoms with Crippen molar-refractivity contribution in [2.24, 2.45) is 0 Å². The quantitative estimate of drug-likeness (QED) is 0.698. The van der Waals surface area contributed by atoms with Gasteiger partial charge in [-0.3, -0.25) is 0 Å². The number of hydrogen-bond acceptors (Lipinski definition) is 3. The number of ether oxygens (including phenoxy) is 1. The van der Waals surface area contributed by atoms with Gasteiger partial charge in [-0.25, -0.2) is 22.8 Å². The van der Waals surface area contributed by atoms with Crippen molar-refractivity contribution in [1.29, 1.82) is 0 Å². The fraction of sp³-hybridized carbons (Fsp3) is 0.333. The van der Waals surface area contributed by atoms with Gasteiger partial charge in [-0.2, -0.15) is 0 Å². The molecule has 3 N–H and O–H groups in total. The average Bonchev–Trinajstić information content (AvgIpc) is 2.40. The molecular formula is C12H13F3N2O4. The van der Waals surface area contributed by atoms with E-state index in [-0.39, 0.29) is 19.1 Å². The Morgan fingerprint density at radius 3 is 2.43 bits per heavy atom. The van der Waals surface area contributed by atoms with Gasteiger partial charge in [0.25, 0.3) is 0 Å². The number of amides is 2. The maximum atomic E-state index is 13.3. The SMILES string of the molecule is COCCC(NC(=O)Nc1cc(F)c(F)cc1F)C(=O)O. The van der Waals surface area contributed by atoms with Crippen LogP contribution in [0.5, 0.6) is 0 Å². The number of halogens is 3. The van der Waals surface area contributed by atoms with E-state index < -0.39 is 41.2 Å². The van der Waals surface area contributed by atoms with E-state index in [0.717, 1.165) is 0 Å². The Morgan fingerprint density at radius 1 is 1.24 bits per heavy atom. The largest absolute Gasteiger partial charge is 0.480 e. The highest BCUT2D eigenvalue weighted by molar-refractivity contribution is 5.92. The van der Waals surface area contributed by atoms with E-state index in [0.29, 0.717) is 6.07 Å². The van der Waals surface area contributed by atoms with Crippen molar-refractivity contribution in [2.45, 2.75) is 12.5 Å². The molecule has 6 nitrogen and oxygen atoms in total. The van der Waals surface area contributed by atoms with Gasteiger partial charge in [0.15, 0.2) is 11.6 Å². The summed E-state index contributed by atoms with van der Waals surface area (Å²) in [5.41, 5.74) is -0.609. The number of urea groups is 1. The zero-order chi connectivity index (χ0) is 16.0. The fourth-order valence-corrected chi connectivity index (χ4v) is 1.43. The summed E-state index contributed by atoms with van der Waals surface area (Å²) >= 11 is 0. The molecule has 0 aliphatic rings. The third-order valence-electron chi connectivity index (χ3n) is 2.47. The Balaban J connectivity index is 2.72. The van der Waals surface area contributed by atoms with E-state index >= 15 is 0 Å². The van der Waals surface area contributed by atoms with Gasteiger partial charge in [0.05, 0.1) is 5.69 Å². The van der Waals surface area contributed by atoms with Crippen molar-refractivity contribution >= 4 is 17.7 Å². The van der Waals surface area contributed by atoms with Gasteiger partial charge in [-0.1, -0.05) is 0 Å². The van der Waals surface area contributed by atoms with Crippen LogP contribution < -0.4 is 10.6 Å². The number of rotatable bonds is 6. The predicted molar refractivity (Wildman–Crippen MR) is 66.4 cm³/mol. The Morgan fingerprint density at radius 2 is 1.86 bits per heavy atom. The molecule has 1 aromatic carbocycles. The molecule has 21 heavy (non-hydrogen) atoms. The summed E-state index contributed by atoms with van der Waals surface area (Å²) in [5.74, 6) is -5.25. The van der Waals surface area contributed by atoms with Gasteiger partial charge in [-0.05, 0) is 0 Å². The molecule has 0 radical (unpaired) electrons. The zero-order valence-corrected chi connectivity index (χ0v) is 11.0. The van der Waals surface area contributed by atoms with Crippen LogP contribution in [0.4, 0.5) is 23.7 Å². The Hall–Kier alpha value is -2.29. The number of carbonyl (C=O) groups excluding carboxylic acids is 1. The van der Waals surface area contributed by atoms with Crippen LogP contribution in [0, 0.1) is 17.5 Å². The van der Waals surface area contributed by atoms with Crippen molar-refractivity contribution in [3.8, 4) is 0 Å². The van der Waals surface area contributed by atoms with Gasteiger partial charge in [0.2, 0.25) is 0 Å². The smallest absolute Gasteiger partial charge is 0.326 e. The lowest BCUT2D eigenvalue weighted by atomic mass is 10.2. The van der Waals surface area contributed by atoms with Gasteiger partial charge in [0, 0.05) is 32.3 Å². The lowest BCUT2D eigenvalue weighted by Crippen LogP contribution is -2.43. The topological polar surface area (TPSA) is 87.7 Å². The highest BCUT2D eigenvalue weighted by Gasteiger charge is 2.20. The molecule has 9 heteroatoms. The Kier molecular flexibility index (Phi) is 5.97. The van der Waals surface area contributed by atoms with Gasteiger partial charge < -0.3 is 20.5 Å². The fourth-order valence-electron chi connectivity index (χ4n) is 1.43. The molecule has 2 amide bonds. The number of anilines is 1. The molecule has 1 atom stereocenters. The highest BCUT2D eigenvalue weighted by atomic mass is 19.2. The molecule has 0 saturated carbocycles. The first kappa shape index (κ1) is 16.8. The van der Waals surface area contributed by atoms with E-state index in [1.54, 1.807) is 0 Å². The third kappa shape index (κ3) is 4.95. The molecular weight excluding hydrogens is 293 g/mol. The van der Waals surface area contributed by atoms with Crippen molar-refractivity contribution in [3.05, 3.63) is 29.6 Å². The van der Waals surface area contributed by atoms with Crippen LogP contribution in [-0.2, 0) is 9.53 Å². The maximum absolute atomic E-state index is 13.3. The molecule has 1 aromatic rings. The van der Waals surface area contributed by atoms with E-state index in [9.17, 15) is 22.8 Å². The van der Waals surface area contributed by atoms with Crippen molar-refractivity contribution in [3.63, 3.8) is 0 Å². The van der Waals surface area contributed by atoms with Gasteiger partial charge in [0.1, 0.15) is 11.9 Å². The molecule has 1 unspecified atom stereocenters. The normalized spacial score (nSPS) is 11.8. The summed E-state index contributed by atoms with van der Waals surface area (Å²) in [6.07, 6.45) is -0.0144. The summed E-state index contributed by atoms with van der Waals surface area (Å²) in [6.45, 7) is 0.0801. The summed E-state index contributed by atoms with van der Waals surface area (Å²) in [7, 11) is 1.36. The van der Waals surface area contributed by atoms with Crippen LogP contribution in [-0.4, -0.2) is 36.9 Å². The second-order valence-corrected chi connectivity index (χ2v) is 4.02. The average molecular weight is 306 g/mol. The van der Waals surface area contributed by atoms with Crippen LogP contribution in [0.15, 0.2) is 12.1 Å². The zero-order valence-electron chi connectivity index (χ0n) is 11.0. The summed E-state index contributed by atoms with van der Waals surface area (Å²) < 4.78 is 43.6. The maximum Gasteiger partial charge on any atom is 0.326 e. The number of nitrogens with one attached hydrogen (secondary N) is 2. The molecule has 0 aliphatic carbocycles. The van der Waals surface area contributed by atoms with Crippen LogP contribution in [0.2, 0.25) is 0 Å². The molecule has 0 spiro atoms. The summed E-state index contributed by atoms with van der Waals surface area (Å²) in [4.78, 5) is 22.4. The van der Waals surface area contributed by atoms with Gasteiger partial charge >= 0.3 is 12.0 Å². The number of hydrogen-bond donors (Lipinski definition) is 3. The minimum absolute atomic E-state index is 0.0144. The molecule has 116 valence electrons. The predicted octanol–water partition coefficient (Wildman–Crippen LogP) is 1.72.